The SMILES string of the molecule is CC(C)(C)CCNC(=O)c1nc(NN)ccc1Cl. The zero-order valence-electron chi connectivity index (χ0n) is 10.9. The van der Waals surface area contributed by atoms with Gasteiger partial charge in [-0.15, -0.1) is 0 Å². The Morgan fingerprint density at radius 2 is 2.11 bits per heavy atom. The van der Waals surface area contributed by atoms with Crippen molar-refractivity contribution in [2.45, 2.75) is 27.2 Å². The molecule has 0 aromatic carbocycles. The van der Waals surface area contributed by atoms with Crippen molar-refractivity contribution in [2.75, 3.05) is 12.0 Å². The molecule has 1 heterocycles. The average Bonchev–Trinajstić information content (AvgIpc) is 2.27. The molecule has 0 radical (unpaired) electrons. The predicted molar refractivity (Wildman–Crippen MR) is 73.5 cm³/mol. The van der Waals surface area contributed by atoms with Crippen LogP contribution in [0.15, 0.2) is 12.1 Å². The first-order valence-corrected chi connectivity index (χ1v) is 6.12. The summed E-state index contributed by atoms with van der Waals surface area (Å²) in [6, 6.07) is 3.19. The standard InChI is InChI=1S/C12H19ClN4O/c1-12(2,3)6-7-15-11(18)10-8(13)4-5-9(16-10)17-14/h4-5H,6-7,14H2,1-3H3,(H,15,18)(H,16,17). The van der Waals surface area contributed by atoms with Gasteiger partial charge in [0, 0.05) is 6.54 Å². The number of amides is 1. The molecule has 0 saturated heterocycles. The fourth-order valence-electron chi connectivity index (χ4n) is 1.32. The van der Waals surface area contributed by atoms with Gasteiger partial charge in [-0.25, -0.2) is 10.8 Å². The molecular formula is C12H19ClN4O. The van der Waals surface area contributed by atoms with Crippen LogP contribution < -0.4 is 16.6 Å². The zero-order chi connectivity index (χ0) is 13.8. The van der Waals surface area contributed by atoms with Gasteiger partial charge in [-0.2, -0.15) is 0 Å². The van der Waals surface area contributed by atoms with Gasteiger partial charge in [0.05, 0.1) is 5.02 Å². The molecule has 4 N–H and O–H groups in total. The molecule has 0 aliphatic rings. The quantitative estimate of drug-likeness (QED) is 0.579. The van der Waals surface area contributed by atoms with Crippen LogP contribution in [-0.4, -0.2) is 17.4 Å². The molecule has 1 amide bonds. The summed E-state index contributed by atoms with van der Waals surface area (Å²) < 4.78 is 0. The summed E-state index contributed by atoms with van der Waals surface area (Å²) in [5.74, 6) is 5.35. The fraction of sp³-hybridized carbons (Fsp3) is 0.500. The number of carbonyl (C=O) groups excluding carboxylic acids is 1. The van der Waals surface area contributed by atoms with E-state index in [0.29, 0.717) is 17.4 Å². The summed E-state index contributed by atoms with van der Waals surface area (Å²) in [6.07, 6.45) is 0.880. The van der Waals surface area contributed by atoms with Gasteiger partial charge in [0.25, 0.3) is 5.91 Å². The Hall–Kier alpha value is -1.33. The highest BCUT2D eigenvalue weighted by molar-refractivity contribution is 6.33. The number of halogens is 1. The number of hydrogen-bond acceptors (Lipinski definition) is 4. The highest BCUT2D eigenvalue weighted by atomic mass is 35.5. The number of nitrogen functional groups attached to an aromatic ring is 1. The molecule has 0 unspecified atom stereocenters. The molecule has 18 heavy (non-hydrogen) atoms. The molecule has 0 bridgehead atoms. The van der Waals surface area contributed by atoms with Crippen LogP contribution in [0.3, 0.4) is 0 Å². The summed E-state index contributed by atoms with van der Waals surface area (Å²) in [5, 5.41) is 3.10. The van der Waals surface area contributed by atoms with Gasteiger partial charge in [-0.1, -0.05) is 32.4 Å². The normalized spacial score (nSPS) is 11.2. The van der Waals surface area contributed by atoms with Gasteiger partial charge in [-0.05, 0) is 24.0 Å². The van der Waals surface area contributed by atoms with E-state index in [0.717, 1.165) is 6.42 Å². The van der Waals surface area contributed by atoms with Crippen LogP contribution in [0.5, 0.6) is 0 Å². The van der Waals surface area contributed by atoms with Crippen molar-refractivity contribution < 1.29 is 4.79 Å². The number of nitrogens with zero attached hydrogens (tertiary/aromatic N) is 1. The maximum Gasteiger partial charge on any atom is 0.271 e. The summed E-state index contributed by atoms with van der Waals surface area (Å²) in [7, 11) is 0. The molecule has 100 valence electrons. The molecule has 5 nitrogen and oxygen atoms in total. The Labute approximate surface area is 112 Å². The van der Waals surface area contributed by atoms with Gasteiger partial charge in [0.2, 0.25) is 0 Å². The second-order valence-corrected chi connectivity index (χ2v) is 5.65. The van der Waals surface area contributed by atoms with E-state index in [1.165, 1.54) is 0 Å². The van der Waals surface area contributed by atoms with Gasteiger partial charge in [0.1, 0.15) is 11.5 Å². The van der Waals surface area contributed by atoms with Crippen LogP contribution in [0.4, 0.5) is 5.82 Å². The molecule has 0 spiro atoms. The van der Waals surface area contributed by atoms with Crippen LogP contribution in [0, 0.1) is 5.41 Å². The number of anilines is 1. The Bertz CT molecular complexity index is 429. The van der Waals surface area contributed by atoms with Crippen LogP contribution in [0.1, 0.15) is 37.7 Å². The number of nitrogens with one attached hydrogen (secondary N) is 2. The molecule has 1 aromatic rings. The lowest BCUT2D eigenvalue weighted by Crippen LogP contribution is -2.28. The van der Waals surface area contributed by atoms with E-state index in [4.69, 9.17) is 17.4 Å². The van der Waals surface area contributed by atoms with Crippen LogP contribution in [-0.2, 0) is 0 Å². The fourth-order valence-corrected chi connectivity index (χ4v) is 1.51. The van der Waals surface area contributed by atoms with Crippen molar-refractivity contribution in [1.29, 1.82) is 0 Å². The third kappa shape index (κ3) is 4.50. The third-order valence-corrected chi connectivity index (χ3v) is 2.67. The van der Waals surface area contributed by atoms with Crippen LogP contribution >= 0.6 is 11.6 Å². The number of rotatable bonds is 4. The van der Waals surface area contributed by atoms with Crippen molar-refractivity contribution in [1.82, 2.24) is 10.3 Å². The topological polar surface area (TPSA) is 80.0 Å². The molecule has 6 heteroatoms. The molecule has 0 atom stereocenters. The minimum absolute atomic E-state index is 0.172. The second-order valence-electron chi connectivity index (χ2n) is 5.24. The summed E-state index contributed by atoms with van der Waals surface area (Å²) >= 11 is 5.92. The summed E-state index contributed by atoms with van der Waals surface area (Å²) in [5.41, 5.74) is 2.73. The molecule has 1 aromatic heterocycles. The van der Waals surface area contributed by atoms with Crippen molar-refractivity contribution >= 4 is 23.3 Å². The Kier molecular flexibility index (Phi) is 4.93. The van der Waals surface area contributed by atoms with Crippen molar-refractivity contribution in [3.05, 3.63) is 22.8 Å². The second kappa shape index (κ2) is 6.02. The Morgan fingerprint density at radius 1 is 1.44 bits per heavy atom. The third-order valence-electron chi connectivity index (χ3n) is 2.37. The number of hydrogen-bond donors (Lipinski definition) is 3. The maximum absolute atomic E-state index is 11.9. The Morgan fingerprint density at radius 3 is 2.67 bits per heavy atom. The lowest BCUT2D eigenvalue weighted by Gasteiger charge is -2.18. The zero-order valence-corrected chi connectivity index (χ0v) is 11.6. The Balaban J connectivity index is 2.66. The molecule has 0 fully saturated rings. The first-order chi connectivity index (χ1) is 8.33. The largest absolute Gasteiger partial charge is 0.351 e. The molecular weight excluding hydrogens is 252 g/mol. The molecule has 1 rings (SSSR count). The first-order valence-electron chi connectivity index (χ1n) is 5.75. The molecule has 0 aliphatic heterocycles. The van der Waals surface area contributed by atoms with E-state index in [2.05, 4.69) is 36.5 Å². The van der Waals surface area contributed by atoms with Gasteiger partial charge in [0.15, 0.2) is 0 Å². The summed E-state index contributed by atoms with van der Waals surface area (Å²) in [6.45, 7) is 6.93. The molecule has 0 aliphatic carbocycles. The lowest BCUT2D eigenvalue weighted by molar-refractivity contribution is 0.0945. The van der Waals surface area contributed by atoms with E-state index in [1.807, 2.05) is 0 Å². The van der Waals surface area contributed by atoms with Gasteiger partial charge in [-0.3, -0.25) is 4.79 Å². The molecule has 0 saturated carbocycles. The van der Waals surface area contributed by atoms with Crippen molar-refractivity contribution in [2.24, 2.45) is 11.3 Å². The van der Waals surface area contributed by atoms with E-state index in [-0.39, 0.29) is 17.0 Å². The first kappa shape index (κ1) is 14.7. The smallest absolute Gasteiger partial charge is 0.271 e. The number of pyridine rings is 1. The highest BCUT2D eigenvalue weighted by Gasteiger charge is 2.15. The predicted octanol–water partition coefficient (Wildman–Crippen LogP) is 2.19. The van der Waals surface area contributed by atoms with E-state index < -0.39 is 0 Å². The minimum atomic E-state index is -0.290. The van der Waals surface area contributed by atoms with E-state index in [9.17, 15) is 4.79 Å². The summed E-state index contributed by atoms with van der Waals surface area (Å²) in [4.78, 5) is 15.9. The monoisotopic (exact) mass is 270 g/mol. The maximum atomic E-state index is 11.9. The number of carbonyl (C=O) groups is 1. The minimum Gasteiger partial charge on any atom is -0.351 e. The average molecular weight is 271 g/mol. The van der Waals surface area contributed by atoms with Gasteiger partial charge < -0.3 is 10.7 Å². The number of hydrazine groups is 1. The number of nitrogens with two attached hydrogens (primary N) is 1. The highest BCUT2D eigenvalue weighted by Crippen LogP contribution is 2.18. The van der Waals surface area contributed by atoms with E-state index >= 15 is 0 Å². The lowest BCUT2D eigenvalue weighted by atomic mass is 9.92. The van der Waals surface area contributed by atoms with Crippen LogP contribution in [0.2, 0.25) is 5.02 Å². The van der Waals surface area contributed by atoms with Crippen molar-refractivity contribution in [3.63, 3.8) is 0 Å². The van der Waals surface area contributed by atoms with E-state index in [1.54, 1.807) is 12.1 Å². The van der Waals surface area contributed by atoms with Crippen LogP contribution in [0.25, 0.3) is 0 Å². The number of aromatic nitrogens is 1. The van der Waals surface area contributed by atoms with Gasteiger partial charge >= 0.3 is 0 Å². The van der Waals surface area contributed by atoms with Crippen molar-refractivity contribution in [3.8, 4) is 0 Å².